The lowest BCUT2D eigenvalue weighted by molar-refractivity contribution is -0.456. The molecule has 0 nitrogen and oxygen atoms in total. The minimum atomic E-state index is 0.782. The lowest BCUT2D eigenvalue weighted by Gasteiger charge is -2.92. The molecule has 0 heteroatoms. The smallest absolute Gasteiger partial charge is 0.0178 e. The Morgan fingerprint density at radius 2 is 0.943 bits per heavy atom. The van der Waals surface area contributed by atoms with Crippen molar-refractivity contribution in [3.63, 3.8) is 0 Å². The fourth-order valence-electron chi connectivity index (χ4n) is 13.7. The van der Waals surface area contributed by atoms with Gasteiger partial charge in [0.15, 0.2) is 0 Å². The Bertz CT molecular complexity index is 689. The maximum atomic E-state index is 3.00. The first-order valence-corrected chi connectivity index (χ1v) is 15.7. The molecule has 0 saturated heterocycles. The van der Waals surface area contributed by atoms with Gasteiger partial charge in [-0.1, -0.05) is 99.8 Å². The zero-order chi connectivity index (χ0) is 25.9. The molecule has 2 bridgehead atoms. The fourth-order valence-corrected chi connectivity index (χ4v) is 13.7. The van der Waals surface area contributed by atoms with Gasteiger partial charge in [0.1, 0.15) is 0 Å². The van der Waals surface area contributed by atoms with Crippen molar-refractivity contribution < 1.29 is 0 Å². The highest BCUT2D eigenvalue weighted by atomic mass is 14.9. The minimum absolute atomic E-state index is 0.782. The zero-order valence-corrected chi connectivity index (χ0v) is 24.8. The zero-order valence-electron chi connectivity index (χ0n) is 24.8. The highest BCUT2D eigenvalue weighted by Gasteiger charge is 2.88. The molecular formula is C35H60. The summed E-state index contributed by atoms with van der Waals surface area (Å²) in [7, 11) is 0. The normalized spacial score (nSPS) is 54.3. The summed E-state index contributed by atoms with van der Waals surface area (Å²) in [5.74, 6) is 11.8. The van der Waals surface area contributed by atoms with E-state index in [1.807, 2.05) is 0 Å². The third-order valence-electron chi connectivity index (χ3n) is 14.7. The van der Waals surface area contributed by atoms with Gasteiger partial charge in [-0.2, -0.15) is 0 Å². The minimum Gasteiger partial charge on any atom is -0.106 e. The Morgan fingerprint density at radius 1 is 0.571 bits per heavy atom. The van der Waals surface area contributed by atoms with Crippen LogP contribution in [-0.4, -0.2) is 0 Å². The Balaban J connectivity index is 0.000000147. The van der Waals surface area contributed by atoms with E-state index in [9.17, 15) is 0 Å². The van der Waals surface area contributed by atoms with Crippen LogP contribution in [0.25, 0.3) is 0 Å². The summed E-state index contributed by atoms with van der Waals surface area (Å²) in [6.45, 7) is 29.9. The van der Waals surface area contributed by atoms with Crippen LogP contribution in [-0.2, 0) is 0 Å². The molecule has 0 amide bonds. The lowest BCUT2D eigenvalue weighted by atomic mass is 9.12. The van der Waals surface area contributed by atoms with Gasteiger partial charge in [-0.25, -0.2) is 0 Å². The summed E-state index contributed by atoms with van der Waals surface area (Å²) >= 11 is 0. The third-order valence-corrected chi connectivity index (χ3v) is 14.7. The molecule has 0 radical (unpaired) electrons. The van der Waals surface area contributed by atoms with Gasteiger partial charge < -0.3 is 0 Å². The van der Waals surface area contributed by atoms with Crippen molar-refractivity contribution in [2.75, 3.05) is 0 Å². The molecular weight excluding hydrogens is 420 g/mol. The molecule has 7 atom stereocenters. The second-order valence-electron chi connectivity index (χ2n) is 14.6. The summed E-state index contributed by atoms with van der Waals surface area (Å²) in [6, 6.07) is 0. The SMILES string of the molecule is C=C.C=C.CC1C2C(C)C1(CC1CCCC1)C2C.CC1C2C(C)C3(CC4CCCC4)C(C)C1C23C. The van der Waals surface area contributed by atoms with Crippen LogP contribution in [0.1, 0.15) is 113 Å². The fraction of sp³-hybridized carbons (Fsp3) is 0.886. The van der Waals surface area contributed by atoms with Crippen LogP contribution >= 0.6 is 0 Å². The first-order valence-electron chi connectivity index (χ1n) is 15.7. The first kappa shape index (κ1) is 27.5. The van der Waals surface area contributed by atoms with Gasteiger partial charge in [0, 0.05) is 0 Å². The molecule has 0 aromatic carbocycles. The van der Waals surface area contributed by atoms with Gasteiger partial charge in [-0.3, -0.25) is 0 Å². The Hall–Kier alpha value is -0.520. The summed E-state index contributed by atoms with van der Waals surface area (Å²) in [5, 5.41) is 0. The molecule has 8 saturated carbocycles. The largest absolute Gasteiger partial charge is 0.106 e. The standard InChI is InChI=1S/C17H28.C14H24.2C2H4/c1-10-14-11(2)17(9-13-7-5-6-8-13)12(3)15(10)16(14,17)4;1-9-13-10(2)14(9,11(13)3)8-12-6-4-5-7-12;2*1-2/h10-15H,5-9H2,1-4H3;9-13H,4-8H2,1-3H3;2*1-2H2. The summed E-state index contributed by atoms with van der Waals surface area (Å²) in [4.78, 5) is 0. The van der Waals surface area contributed by atoms with E-state index < -0.39 is 0 Å². The Labute approximate surface area is 220 Å². The number of hydrogen-bond acceptors (Lipinski definition) is 0. The van der Waals surface area contributed by atoms with Crippen molar-refractivity contribution in [2.24, 2.45) is 81.3 Å². The van der Waals surface area contributed by atoms with Crippen LogP contribution in [0, 0.1) is 81.3 Å². The van der Waals surface area contributed by atoms with Crippen molar-refractivity contribution in [1.82, 2.24) is 0 Å². The predicted molar refractivity (Wildman–Crippen MR) is 154 cm³/mol. The second-order valence-corrected chi connectivity index (χ2v) is 14.6. The van der Waals surface area contributed by atoms with Crippen LogP contribution < -0.4 is 0 Å². The maximum absolute atomic E-state index is 3.00. The van der Waals surface area contributed by atoms with E-state index in [2.05, 4.69) is 74.8 Å². The molecule has 8 aliphatic carbocycles. The van der Waals surface area contributed by atoms with Crippen LogP contribution in [0.3, 0.4) is 0 Å². The molecule has 0 spiro atoms. The van der Waals surface area contributed by atoms with E-state index in [-0.39, 0.29) is 0 Å². The van der Waals surface area contributed by atoms with Crippen LogP contribution in [0.4, 0.5) is 0 Å². The molecule has 200 valence electrons. The van der Waals surface area contributed by atoms with Gasteiger partial charge in [0.25, 0.3) is 0 Å². The molecule has 0 heterocycles. The summed E-state index contributed by atoms with van der Waals surface area (Å²) in [5.41, 5.74) is 2.37. The number of rotatable bonds is 4. The second kappa shape index (κ2) is 9.66. The van der Waals surface area contributed by atoms with Gasteiger partial charge in [0.05, 0.1) is 0 Å². The lowest BCUT2D eigenvalue weighted by Crippen LogP contribution is -2.88. The summed E-state index contributed by atoms with van der Waals surface area (Å²) in [6.07, 6.45) is 15.4. The third kappa shape index (κ3) is 3.16. The monoisotopic (exact) mass is 480 g/mol. The first-order chi connectivity index (χ1) is 16.7. The van der Waals surface area contributed by atoms with Crippen molar-refractivity contribution in [2.45, 2.75) is 113 Å². The highest BCUT2D eigenvalue weighted by molar-refractivity contribution is 5.35. The van der Waals surface area contributed by atoms with E-state index in [0.717, 1.165) is 81.3 Å². The van der Waals surface area contributed by atoms with E-state index in [0.29, 0.717) is 0 Å². The topological polar surface area (TPSA) is 0 Å². The highest BCUT2D eigenvalue weighted by Crippen LogP contribution is 2.92. The molecule has 35 heavy (non-hydrogen) atoms. The molecule has 0 aromatic heterocycles. The van der Waals surface area contributed by atoms with Crippen molar-refractivity contribution >= 4 is 0 Å². The molecule has 8 aliphatic rings. The van der Waals surface area contributed by atoms with E-state index >= 15 is 0 Å². The number of hydrogen-bond donors (Lipinski definition) is 0. The van der Waals surface area contributed by atoms with Crippen molar-refractivity contribution in [1.29, 1.82) is 0 Å². The van der Waals surface area contributed by atoms with E-state index in [1.54, 1.807) is 38.5 Å². The Morgan fingerprint density at radius 3 is 1.29 bits per heavy atom. The predicted octanol–water partition coefficient (Wildman–Crippen LogP) is 10.5. The Kier molecular flexibility index (Phi) is 7.59. The van der Waals surface area contributed by atoms with Crippen LogP contribution in [0.2, 0.25) is 0 Å². The molecule has 8 rings (SSSR count). The molecule has 0 aromatic rings. The van der Waals surface area contributed by atoms with Gasteiger partial charge in [-0.15, -0.1) is 26.3 Å². The van der Waals surface area contributed by atoms with Crippen molar-refractivity contribution in [3.05, 3.63) is 26.3 Å². The molecule has 0 N–H and O–H groups in total. The molecule has 7 unspecified atom stereocenters. The molecule has 0 aliphatic heterocycles. The average Bonchev–Trinajstić information content (AvgIpc) is 3.58. The van der Waals surface area contributed by atoms with Crippen LogP contribution in [0.15, 0.2) is 26.3 Å². The maximum Gasteiger partial charge on any atom is -0.0178 e. The average molecular weight is 481 g/mol. The molecule has 8 fully saturated rings. The van der Waals surface area contributed by atoms with E-state index in [4.69, 9.17) is 0 Å². The van der Waals surface area contributed by atoms with Gasteiger partial charge in [-0.05, 0) is 94.2 Å². The van der Waals surface area contributed by atoms with Crippen molar-refractivity contribution in [3.8, 4) is 0 Å². The van der Waals surface area contributed by atoms with Crippen LogP contribution in [0.5, 0.6) is 0 Å². The van der Waals surface area contributed by atoms with Gasteiger partial charge >= 0.3 is 0 Å². The van der Waals surface area contributed by atoms with E-state index in [1.165, 1.54) is 25.7 Å². The van der Waals surface area contributed by atoms with Gasteiger partial charge in [0.2, 0.25) is 0 Å². The quantitative estimate of drug-likeness (QED) is 0.351. The summed E-state index contributed by atoms with van der Waals surface area (Å²) < 4.78 is 0.